The molecule has 0 aromatic carbocycles. The van der Waals surface area contributed by atoms with E-state index < -0.39 is 0 Å². The molecule has 6 rings (SSSR count). The van der Waals surface area contributed by atoms with Gasteiger partial charge in [0.25, 0.3) is 0 Å². The second-order valence-corrected chi connectivity index (χ2v) is 9.11. The van der Waals surface area contributed by atoms with Gasteiger partial charge in [-0.3, -0.25) is 13.9 Å². The summed E-state index contributed by atoms with van der Waals surface area (Å²) in [5.41, 5.74) is 1.06. The van der Waals surface area contributed by atoms with Crippen LogP contribution in [0.2, 0.25) is 0 Å². The minimum Gasteiger partial charge on any atom is -0.383 e. The van der Waals surface area contributed by atoms with Gasteiger partial charge >= 0.3 is 5.69 Å². The third-order valence-electron chi connectivity index (χ3n) is 7.04. The quantitative estimate of drug-likeness (QED) is 0.826. The van der Waals surface area contributed by atoms with Crippen LogP contribution in [0.1, 0.15) is 38.5 Å². The lowest BCUT2D eigenvalue weighted by Gasteiger charge is -2.56. The van der Waals surface area contributed by atoms with E-state index in [1.54, 1.807) is 28.5 Å². The van der Waals surface area contributed by atoms with Gasteiger partial charge in [0, 0.05) is 18.8 Å². The van der Waals surface area contributed by atoms with Crippen molar-refractivity contribution in [3.05, 3.63) is 28.8 Å². The van der Waals surface area contributed by atoms with Crippen LogP contribution in [-0.2, 0) is 22.6 Å². The molecule has 7 nitrogen and oxygen atoms in total. The van der Waals surface area contributed by atoms with Gasteiger partial charge in [-0.15, -0.1) is 0 Å². The fourth-order valence-corrected chi connectivity index (χ4v) is 6.43. The summed E-state index contributed by atoms with van der Waals surface area (Å²) in [4.78, 5) is 30.3. The second kappa shape index (κ2) is 6.72. The van der Waals surface area contributed by atoms with Crippen LogP contribution in [0.5, 0.6) is 0 Å². The third kappa shape index (κ3) is 2.96. The van der Waals surface area contributed by atoms with Crippen molar-refractivity contribution in [2.75, 3.05) is 13.7 Å². The van der Waals surface area contributed by atoms with Crippen LogP contribution in [0.25, 0.3) is 11.2 Å². The number of carbonyl (C=O) groups is 1. The lowest BCUT2D eigenvalue weighted by molar-refractivity contribution is -0.127. The Kier molecular flexibility index (Phi) is 4.30. The van der Waals surface area contributed by atoms with Crippen LogP contribution < -0.4 is 11.0 Å². The maximum Gasteiger partial charge on any atom is 0.330 e. The molecule has 0 radical (unpaired) electrons. The van der Waals surface area contributed by atoms with Crippen LogP contribution >= 0.6 is 0 Å². The van der Waals surface area contributed by atoms with Crippen LogP contribution in [0, 0.1) is 17.8 Å². The van der Waals surface area contributed by atoms with Crippen molar-refractivity contribution in [3.8, 4) is 0 Å². The molecule has 150 valence electrons. The molecule has 0 spiro atoms. The lowest BCUT2D eigenvalue weighted by atomic mass is 9.53. The first-order valence-corrected chi connectivity index (χ1v) is 10.4. The highest BCUT2D eigenvalue weighted by atomic mass is 16.5. The Morgan fingerprint density at radius 3 is 2.54 bits per heavy atom. The topological polar surface area (TPSA) is 78.1 Å². The fourth-order valence-electron chi connectivity index (χ4n) is 6.43. The number of imidazole rings is 1. The molecule has 0 unspecified atom stereocenters. The molecule has 4 aliphatic carbocycles. The number of aromatic nitrogens is 3. The van der Waals surface area contributed by atoms with Crippen molar-refractivity contribution in [3.63, 3.8) is 0 Å². The van der Waals surface area contributed by atoms with Crippen LogP contribution in [0.15, 0.2) is 23.1 Å². The van der Waals surface area contributed by atoms with E-state index >= 15 is 0 Å². The highest BCUT2D eigenvalue weighted by Crippen LogP contribution is 2.55. The minimum absolute atomic E-state index is 0.0396. The molecule has 2 aromatic rings. The van der Waals surface area contributed by atoms with Crippen molar-refractivity contribution in [2.24, 2.45) is 17.8 Å². The number of methoxy groups -OCH3 is 1. The number of rotatable bonds is 6. The molecule has 0 atom stereocenters. The van der Waals surface area contributed by atoms with Crippen LogP contribution in [0.3, 0.4) is 0 Å². The third-order valence-corrected chi connectivity index (χ3v) is 7.04. The second-order valence-electron chi connectivity index (χ2n) is 9.11. The van der Waals surface area contributed by atoms with Gasteiger partial charge in [0.15, 0.2) is 5.65 Å². The van der Waals surface area contributed by atoms with Gasteiger partial charge in [-0.25, -0.2) is 9.78 Å². The van der Waals surface area contributed by atoms with Crippen molar-refractivity contribution < 1.29 is 9.53 Å². The molecule has 0 aliphatic heterocycles. The average Bonchev–Trinajstić information content (AvgIpc) is 2.90. The summed E-state index contributed by atoms with van der Waals surface area (Å²) >= 11 is 0. The number of amides is 1. The first-order chi connectivity index (χ1) is 13.6. The van der Waals surface area contributed by atoms with Crippen molar-refractivity contribution in [1.29, 1.82) is 0 Å². The van der Waals surface area contributed by atoms with Gasteiger partial charge in [0.05, 0.1) is 18.7 Å². The Balaban J connectivity index is 1.39. The smallest absolute Gasteiger partial charge is 0.330 e. The molecule has 28 heavy (non-hydrogen) atoms. The van der Waals surface area contributed by atoms with E-state index in [-0.39, 0.29) is 23.7 Å². The number of hydrogen-bond donors (Lipinski definition) is 1. The van der Waals surface area contributed by atoms with Crippen LogP contribution in [-0.4, -0.2) is 39.3 Å². The maximum atomic E-state index is 13.0. The maximum absolute atomic E-state index is 13.0. The zero-order chi connectivity index (χ0) is 19.3. The molecule has 1 amide bonds. The summed E-state index contributed by atoms with van der Waals surface area (Å²) in [7, 11) is 1.61. The molecular formula is C21H28N4O3. The Morgan fingerprint density at radius 1 is 1.21 bits per heavy atom. The van der Waals surface area contributed by atoms with Crippen molar-refractivity contribution in [2.45, 2.75) is 57.2 Å². The van der Waals surface area contributed by atoms with Crippen molar-refractivity contribution in [1.82, 2.24) is 19.4 Å². The van der Waals surface area contributed by atoms with E-state index in [9.17, 15) is 9.59 Å². The number of carbonyl (C=O) groups excluding carboxylic acids is 1. The Morgan fingerprint density at radius 2 is 1.89 bits per heavy atom. The standard InChI is InChI=1S/C21H28N4O3/c1-28-6-5-24-19-17(3-2-4-22-19)25(20(24)27)13-18(26)23-21-10-14-7-15(11-21)9-16(8-14)12-21/h2-4,14-16H,5-13H2,1H3,(H,23,26). The summed E-state index contributed by atoms with van der Waals surface area (Å²) in [5, 5.41) is 3.36. The van der Waals surface area contributed by atoms with E-state index in [1.807, 2.05) is 6.07 Å². The first-order valence-electron chi connectivity index (χ1n) is 10.4. The molecule has 4 aliphatic rings. The predicted octanol–water partition coefficient (Wildman–Crippen LogP) is 1.93. The summed E-state index contributed by atoms with van der Waals surface area (Å²) in [6.07, 6.45) is 9.02. The highest BCUT2D eigenvalue weighted by Gasteiger charge is 2.51. The van der Waals surface area contributed by atoms with Crippen LogP contribution in [0.4, 0.5) is 0 Å². The molecule has 2 aromatic heterocycles. The number of ether oxygens (including phenoxy) is 1. The molecule has 4 saturated carbocycles. The number of pyridine rings is 1. The molecular weight excluding hydrogens is 356 g/mol. The van der Waals surface area contributed by atoms with Gasteiger partial charge < -0.3 is 10.1 Å². The Labute approximate surface area is 164 Å². The fraction of sp³-hybridized carbons (Fsp3) is 0.667. The van der Waals surface area contributed by atoms with E-state index in [1.165, 1.54) is 19.3 Å². The number of nitrogens with one attached hydrogen (secondary N) is 1. The Hall–Kier alpha value is -2.15. The summed E-state index contributed by atoms with van der Waals surface area (Å²) < 4.78 is 8.27. The monoisotopic (exact) mass is 384 g/mol. The van der Waals surface area contributed by atoms with Gasteiger partial charge in [-0.1, -0.05) is 0 Å². The molecule has 4 bridgehead atoms. The number of hydrogen-bond acceptors (Lipinski definition) is 4. The van der Waals surface area contributed by atoms with Gasteiger partial charge in [0.1, 0.15) is 6.54 Å². The van der Waals surface area contributed by atoms with Gasteiger partial charge in [-0.05, 0) is 68.4 Å². The zero-order valence-electron chi connectivity index (χ0n) is 16.4. The molecule has 4 fully saturated rings. The number of fused-ring (bicyclic) bond motifs is 1. The van der Waals surface area contributed by atoms with E-state index in [2.05, 4.69) is 10.3 Å². The minimum atomic E-state index is -0.202. The lowest BCUT2D eigenvalue weighted by Crippen LogP contribution is -2.60. The Bertz CT molecular complexity index is 925. The van der Waals surface area contributed by atoms with E-state index in [0.717, 1.165) is 37.0 Å². The summed E-state index contributed by atoms with van der Waals surface area (Å²) in [6, 6.07) is 3.65. The van der Waals surface area contributed by atoms with Crippen molar-refractivity contribution >= 4 is 17.1 Å². The van der Waals surface area contributed by atoms with E-state index in [4.69, 9.17) is 4.74 Å². The van der Waals surface area contributed by atoms with E-state index in [0.29, 0.717) is 24.3 Å². The predicted molar refractivity (Wildman–Crippen MR) is 105 cm³/mol. The highest BCUT2D eigenvalue weighted by molar-refractivity contribution is 5.80. The average molecular weight is 384 g/mol. The summed E-state index contributed by atoms with van der Waals surface area (Å²) in [5.74, 6) is 2.26. The summed E-state index contributed by atoms with van der Waals surface area (Å²) in [6.45, 7) is 0.893. The molecule has 7 heteroatoms. The largest absolute Gasteiger partial charge is 0.383 e. The molecule has 2 heterocycles. The van der Waals surface area contributed by atoms with Gasteiger partial charge in [-0.2, -0.15) is 0 Å². The zero-order valence-corrected chi connectivity index (χ0v) is 16.4. The SMILES string of the molecule is COCCn1c(=O)n(CC(=O)NC23CC4CC(CC(C4)C2)C3)c2cccnc21. The molecule has 1 N–H and O–H groups in total. The number of nitrogens with zero attached hydrogens (tertiary/aromatic N) is 3. The van der Waals surface area contributed by atoms with Gasteiger partial charge in [0.2, 0.25) is 5.91 Å². The normalized spacial score (nSPS) is 30.8. The molecule has 0 saturated heterocycles. The first kappa shape index (κ1) is 17.9.